The van der Waals surface area contributed by atoms with Crippen LogP contribution in [0.25, 0.3) is 11.4 Å². The number of methoxy groups -OCH3 is 2. The Labute approximate surface area is 174 Å². The van der Waals surface area contributed by atoms with Crippen molar-refractivity contribution in [3.05, 3.63) is 52.5 Å². The van der Waals surface area contributed by atoms with Crippen LogP contribution >= 0.6 is 11.6 Å². The number of rotatable bonds is 7. The van der Waals surface area contributed by atoms with E-state index in [9.17, 15) is 4.79 Å². The van der Waals surface area contributed by atoms with Gasteiger partial charge in [-0.2, -0.15) is 4.80 Å². The number of nitrogens with zero attached hydrogens (tertiary/aromatic N) is 5. The highest BCUT2D eigenvalue weighted by molar-refractivity contribution is 6.33. The summed E-state index contributed by atoms with van der Waals surface area (Å²) in [5, 5.41) is 12.8. The molecular weight excluding hydrogens is 394 g/mol. The first-order chi connectivity index (χ1) is 13.9. The molecule has 0 aliphatic heterocycles. The van der Waals surface area contributed by atoms with Crippen molar-refractivity contribution in [2.45, 2.75) is 20.0 Å². The van der Waals surface area contributed by atoms with Crippen molar-refractivity contribution >= 4 is 17.5 Å². The van der Waals surface area contributed by atoms with E-state index in [2.05, 4.69) is 15.4 Å². The van der Waals surface area contributed by atoms with Gasteiger partial charge in [-0.15, -0.1) is 10.2 Å². The largest absolute Gasteiger partial charge is 0.493 e. The predicted octanol–water partition coefficient (Wildman–Crippen LogP) is 2.98. The highest BCUT2D eigenvalue weighted by atomic mass is 35.5. The summed E-state index contributed by atoms with van der Waals surface area (Å²) in [5.41, 5.74) is 2.63. The van der Waals surface area contributed by atoms with E-state index in [0.29, 0.717) is 34.5 Å². The molecule has 0 aliphatic carbocycles. The summed E-state index contributed by atoms with van der Waals surface area (Å²) >= 11 is 6.16. The molecule has 1 aromatic heterocycles. The molecule has 0 spiro atoms. The second kappa shape index (κ2) is 8.91. The van der Waals surface area contributed by atoms with Crippen molar-refractivity contribution in [2.75, 3.05) is 21.3 Å². The number of aryl methyl sites for hydroxylation is 1. The molecule has 0 atom stereocenters. The molecule has 0 saturated heterocycles. The Morgan fingerprint density at radius 3 is 2.55 bits per heavy atom. The number of amides is 1. The van der Waals surface area contributed by atoms with Crippen molar-refractivity contribution < 1.29 is 14.3 Å². The summed E-state index contributed by atoms with van der Waals surface area (Å²) in [6.45, 7) is 2.35. The third-order valence-electron chi connectivity index (χ3n) is 4.52. The summed E-state index contributed by atoms with van der Waals surface area (Å²) in [6, 6.07) is 11.0. The molecule has 0 bridgehead atoms. The van der Waals surface area contributed by atoms with Crippen molar-refractivity contribution in [1.82, 2.24) is 25.1 Å². The molecule has 0 fully saturated rings. The van der Waals surface area contributed by atoms with E-state index in [4.69, 9.17) is 21.1 Å². The monoisotopic (exact) mass is 415 g/mol. The van der Waals surface area contributed by atoms with E-state index in [1.807, 2.05) is 31.2 Å². The Balaban J connectivity index is 1.70. The first-order valence-corrected chi connectivity index (χ1v) is 9.29. The van der Waals surface area contributed by atoms with Crippen LogP contribution in [0.1, 0.15) is 11.1 Å². The maximum atomic E-state index is 12.6. The van der Waals surface area contributed by atoms with Gasteiger partial charge in [0.1, 0.15) is 6.54 Å². The van der Waals surface area contributed by atoms with Gasteiger partial charge in [0, 0.05) is 19.2 Å². The minimum atomic E-state index is -0.151. The van der Waals surface area contributed by atoms with Gasteiger partial charge < -0.3 is 14.4 Å². The number of carbonyl (C=O) groups excluding carboxylic acids is 1. The van der Waals surface area contributed by atoms with E-state index in [1.54, 1.807) is 38.3 Å². The fourth-order valence-electron chi connectivity index (χ4n) is 2.84. The van der Waals surface area contributed by atoms with Gasteiger partial charge >= 0.3 is 0 Å². The zero-order chi connectivity index (χ0) is 21.0. The van der Waals surface area contributed by atoms with Gasteiger partial charge in [0.25, 0.3) is 0 Å². The van der Waals surface area contributed by atoms with Crippen LogP contribution in [0.2, 0.25) is 5.02 Å². The van der Waals surface area contributed by atoms with Crippen molar-refractivity contribution in [3.63, 3.8) is 0 Å². The maximum Gasteiger partial charge on any atom is 0.246 e. The number of ether oxygens (including phenoxy) is 2. The summed E-state index contributed by atoms with van der Waals surface area (Å²) in [5.74, 6) is 1.50. The molecule has 3 rings (SSSR count). The van der Waals surface area contributed by atoms with Crippen LogP contribution in [-0.4, -0.2) is 52.3 Å². The Morgan fingerprint density at radius 2 is 1.86 bits per heavy atom. The van der Waals surface area contributed by atoms with Crippen molar-refractivity contribution in [3.8, 4) is 22.9 Å². The zero-order valence-corrected chi connectivity index (χ0v) is 17.5. The first kappa shape index (κ1) is 20.6. The van der Waals surface area contributed by atoms with Gasteiger partial charge in [-0.3, -0.25) is 4.79 Å². The lowest BCUT2D eigenvalue weighted by Gasteiger charge is -2.19. The molecule has 0 aliphatic rings. The second-order valence-corrected chi connectivity index (χ2v) is 6.91. The predicted molar refractivity (Wildman–Crippen MR) is 109 cm³/mol. The molecule has 0 saturated carbocycles. The SMILES string of the molecule is COc1cc(C)c(CN(C)C(=O)Cn2nnc(-c3ccccc3Cl)n2)cc1OC. The minimum Gasteiger partial charge on any atom is -0.493 e. The van der Waals surface area contributed by atoms with Crippen LogP contribution in [-0.2, 0) is 17.9 Å². The number of hydrogen-bond acceptors (Lipinski definition) is 6. The van der Waals surface area contributed by atoms with Gasteiger partial charge in [-0.25, -0.2) is 0 Å². The van der Waals surface area contributed by atoms with Crippen molar-refractivity contribution in [2.24, 2.45) is 0 Å². The third kappa shape index (κ3) is 4.65. The van der Waals surface area contributed by atoms with E-state index in [1.165, 1.54) is 4.80 Å². The normalized spacial score (nSPS) is 10.7. The van der Waals surface area contributed by atoms with Gasteiger partial charge in [-0.1, -0.05) is 23.7 Å². The number of tetrazole rings is 1. The van der Waals surface area contributed by atoms with Crippen LogP contribution in [0.15, 0.2) is 36.4 Å². The Hall–Kier alpha value is -3.13. The quantitative estimate of drug-likeness (QED) is 0.590. The van der Waals surface area contributed by atoms with Crippen molar-refractivity contribution in [1.29, 1.82) is 0 Å². The molecule has 9 heteroatoms. The molecule has 29 heavy (non-hydrogen) atoms. The molecule has 152 valence electrons. The molecule has 0 radical (unpaired) electrons. The van der Waals surface area contributed by atoms with Gasteiger partial charge in [0.15, 0.2) is 11.5 Å². The van der Waals surface area contributed by atoms with Gasteiger partial charge in [-0.05, 0) is 47.5 Å². The highest BCUT2D eigenvalue weighted by Crippen LogP contribution is 2.30. The summed E-state index contributed by atoms with van der Waals surface area (Å²) in [4.78, 5) is 15.5. The molecule has 1 heterocycles. The Kier molecular flexibility index (Phi) is 6.33. The van der Waals surface area contributed by atoms with Gasteiger partial charge in [0.2, 0.25) is 11.7 Å². The van der Waals surface area contributed by atoms with Crippen LogP contribution in [0.5, 0.6) is 11.5 Å². The highest BCUT2D eigenvalue weighted by Gasteiger charge is 2.16. The average Bonchev–Trinajstić information content (AvgIpc) is 3.17. The molecule has 8 nitrogen and oxygen atoms in total. The van der Waals surface area contributed by atoms with E-state index >= 15 is 0 Å². The fraction of sp³-hybridized carbons (Fsp3) is 0.300. The van der Waals surface area contributed by atoms with Crippen LogP contribution in [0.4, 0.5) is 0 Å². The van der Waals surface area contributed by atoms with E-state index in [0.717, 1.165) is 11.1 Å². The summed E-state index contributed by atoms with van der Waals surface area (Å²) in [6.07, 6.45) is 0. The first-order valence-electron chi connectivity index (χ1n) is 8.91. The number of aromatic nitrogens is 4. The zero-order valence-electron chi connectivity index (χ0n) is 16.7. The van der Waals surface area contributed by atoms with E-state index in [-0.39, 0.29) is 12.5 Å². The number of carbonyl (C=O) groups is 1. The van der Waals surface area contributed by atoms with Crippen LogP contribution in [0.3, 0.4) is 0 Å². The van der Waals surface area contributed by atoms with Crippen LogP contribution in [0, 0.1) is 6.92 Å². The molecular formula is C20H22ClN5O3. The summed E-state index contributed by atoms with van der Waals surface area (Å²) in [7, 11) is 4.90. The molecule has 0 N–H and O–H groups in total. The fourth-order valence-corrected chi connectivity index (χ4v) is 3.06. The maximum absolute atomic E-state index is 12.6. The molecule has 3 aromatic rings. The lowest BCUT2D eigenvalue weighted by Crippen LogP contribution is -2.30. The number of likely N-dealkylation sites (N-methyl/N-ethyl adjacent to an activating group) is 1. The topological polar surface area (TPSA) is 82.4 Å². The number of hydrogen-bond donors (Lipinski definition) is 0. The lowest BCUT2D eigenvalue weighted by atomic mass is 10.1. The minimum absolute atomic E-state index is 0.0275. The summed E-state index contributed by atoms with van der Waals surface area (Å²) < 4.78 is 10.7. The van der Waals surface area contributed by atoms with E-state index < -0.39 is 0 Å². The lowest BCUT2D eigenvalue weighted by molar-refractivity contribution is -0.131. The second-order valence-electron chi connectivity index (χ2n) is 6.51. The Morgan fingerprint density at radius 1 is 1.17 bits per heavy atom. The molecule has 1 amide bonds. The molecule has 2 aromatic carbocycles. The number of benzene rings is 2. The smallest absolute Gasteiger partial charge is 0.246 e. The Bertz CT molecular complexity index is 1020. The number of halogens is 1. The standard InChI is InChI=1S/C20H22ClN5O3/c1-13-9-17(28-3)18(29-4)10-14(13)11-25(2)19(27)12-26-23-20(22-24-26)15-7-5-6-8-16(15)21/h5-10H,11-12H2,1-4H3. The molecule has 0 unspecified atom stereocenters. The van der Waals surface area contributed by atoms with Gasteiger partial charge in [0.05, 0.1) is 19.2 Å². The van der Waals surface area contributed by atoms with Crippen LogP contribution < -0.4 is 9.47 Å². The third-order valence-corrected chi connectivity index (χ3v) is 4.85. The average molecular weight is 416 g/mol.